The highest BCUT2D eigenvalue weighted by Gasteiger charge is 2.57. The lowest BCUT2D eigenvalue weighted by molar-refractivity contribution is -0.152. The zero-order valence-corrected chi connectivity index (χ0v) is 13.7. The van der Waals surface area contributed by atoms with Crippen molar-refractivity contribution in [2.45, 2.75) is 45.5 Å². The molecule has 2 aliphatic rings. The highest BCUT2D eigenvalue weighted by atomic mass is 16.5. The molecule has 2 rings (SSSR count). The normalized spacial score (nSPS) is 41.0. The number of ether oxygens (including phenoxy) is 1. The van der Waals surface area contributed by atoms with Gasteiger partial charge in [0, 0.05) is 19.4 Å². The van der Waals surface area contributed by atoms with E-state index in [1.807, 2.05) is 6.92 Å². The van der Waals surface area contributed by atoms with Crippen molar-refractivity contribution in [2.75, 3.05) is 6.61 Å². The van der Waals surface area contributed by atoms with Crippen LogP contribution in [0, 0.1) is 17.3 Å². The van der Waals surface area contributed by atoms with Crippen LogP contribution in [0.25, 0.3) is 0 Å². The average Bonchev–Trinajstić information content (AvgIpc) is 2.49. The number of carbonyl (C=O) groups is 2. The lowest BCUT2D eigenvalue weighted by atomic mass is 9.50. The number of aliphatic hydroxyl groups excluding tert-OH is 3. The molecule has 0 saturated heterocycles. The van der Waals surface area contributed by atoms with Gasteiger partial charge < -0.3 is 20.1 Å². The van der Waals surface area contributed by atoms with E-state index in [1.165, 1.54) is 13.0 Å². The molecule has 1 fully saturated rings. The first kappa shape index (κ1) is 17.8. The molecule has 0 aromatic carbocycles. The van der Waals surface area contributed by atoms with Crippen LogP contribution < -0.4 is 0 Å². The van der Waals surface area contributed by atoms with Crippen molar-refractivity contribution in [2.24, 2.45) is 17.3 Å². The van der Waals surface area contributed by atoms with Crippen molar-refractivity contribution < 1.29 is 29.6 Å². The molecular formula is C17H24O6. The van der Waals surface area contributed by atoms with Gasteiger partial charge in [0.15, 0.2) is 6.10 Å². The van der Waals surface area contributed by atoms with Crippen molar-refractivity contribution in [3.8, 4) is 0 Å². The summed E-state index contributed by atoms with van der Waals surface area (Å²) in [6.45, 7) is 8.24. The van der Waals surface area contributed by atoms with Gasteiger partial charge in [-0.05, 0) is 41.9 Å². The summed E-state index contributed by atoms with van der Waals surface area (Å²) in [7, 11) is 0. The third-order valence-corrected chi connectivity index (χ3v) is 5.17. The Bertz CT molecular complexity index is 565. The van der Waals surface area contributed by atoms with Gasteiger partial charge in [0.25, 0.3) is 0 Å². The van der Waals surface area contributed by atoms with Crippen LogP contribution >= 0.6 is 0 Å². The van der Waals surface area contributed by atoms with Crippen molar-refractivity contribution in [3.63, 3.8) is 0 Å². The molecule has 0 aromatic heterocycles. The van der Waals surface area contributed by atoms with E-state index in [2.05, 4.69) is 6.58 Å². The van der Waals surface area contributed by atoms with Crippen molar-refractivity contribution in [1.82, 2.24) is 0 Å². The second-order valence-corrected chi connectivity index (χ2v) is 6.91. The molecule has 3 N–H and O–H groups in total. The van der Waals surface area contributed by atoms with Crippen molar-refractivity contribution in [3.05, 3.63) is 23.8 Å². The Labute approximate surface area is 135 Å². The molecule has 0 bridgehead atoms. The average molecular weight is 324 g/mol. The predicted octanol–water partition coefficient (Wildman–Crippen LogP) is 0.360. The largest absolute Gasteiger partial charge is 0.450 e. The maximum absolute atomic E-state index is 12.6. The molecule has 0 radical (unpaired) electrons. The molecule has 128 valence electrons. The molecule has 6 heteroatoms. The minimum Gasteiger partial charge on any atom is -0.450 e. The van der Waals surface area contributed by atoms with Gasteiger partial charge in [-0.3, -0.25) is 9.59 Å². The van der Waals surface area contributed by atoms with E-state index in [9.17, 15) is 24.9 Å². The van der Waals surface area contributed by atoms with Gasteiger partial charge >= 0.3 is 5.97 Å². The van der Waals surface area contributed by atoms with Gasteiger partial charge in [-0.1, -0.05) is 13.5 Å². The third kappa shape index (κ3) is 2.98. The van der Waals surface area contributed by atoms with Crippen LogP contribution in [0.3, 0.4) is 0 Å². The van der Waals surface area contributed by atoms with Crippen LogP contribution in [0.2, 0.25) is 0 Å². The van der Waals surface area contributed by atoms with Crippen LogP contribution in [0.5, 0.6) is 0 Å². The first-order valence-electron chi connectivity index (χ1n) is 7.68. The molecule has 2 aliphatic carbocycles. The summed E-state index contributed by atoms with van der Waals surface area (Å²) in [5, 5.41) is 30.5. The fourth-order valence-electron chi connectivity index (χ4n) is 3.76. The highest BCUT2D eigenvalue weighted by Crippen LogP contribution is 2.56. The van der Waals surface area contributed by atoms with Gasteiger partial charge in [-0.2, -0.15) is 0 Å². The Balaban J connectivity index is 2.44. The van der Waals surface area contributed by atoms with E-state index in [0.717, 1.165) is 0 Å². The number of hydrogen-bond donors (Lipinski definition) is 3. The van der Waals surface area contributed by atoms with Crippen molar-refractivity contribution >= 4 is 11.8 Å². The smallest absolute Gasteiger partial charge is 0.303 e. The first-order chi connectivity index (χ1) is 10.6. The van der Waals surface area contributed by atoms with E-state index in [1.54, 1.807) is 6.92 Å². The van der Waals surface area contributed by atoms with Gasteiger partial charge in [0.05, 0.1) is 6.10 Å². The molecular weight excluding hydrogens is 300 g/mol. The second kappa shape index (κ2) is 6.19. The van der Waals surface area contributed by atoms with Crippen LogP contribution in [-0.2, 0) is 14.3 Å². The summed E-state index contributed by atoms with van der Waals surface area (Å²) in [5.41, 5.74) is 0.0117. The standard InChI is InChI=1S/C17H24O6/c1-8-5-12(23-10(3)19)15(21)9(2)11-6-17(4,7-18)13(11)16(22)14(8)20/h5,11-14,16,18,20,22H,2,6-7H2,1,3-4H3. The monoisotopic (exact) mass is 324 g/mol. The third-order valence-electron chi connectivity index (χ3n) is 5.17. The minimum absolute atomic E-state index is 0.157. The molecule has 6 atom stereocenters. The summed E-state index contributed by atoms with van der Waals surface area (Å²) in [6.07, 6.45) is -1.66. The molecule has 0 aliphatic heterocycles. The summed E-state index contributed by atoms with van der Waals surface area (Å²) < 4.78 is 5.04. The fraction of sp³-hybridized carbons (Fsp3) is 0.647. The lowest BCUT2D eigenvalue weighted by Crippen LogP contribution is -2.57. The van der Waals surface area contributed by atoms with Crippen LogP contribution in [-0.4, -0.2) is 52.0 Å². The predicted molar refractivity (Wildman–Crippen MR) is 82.3 cm³/mol. The number of carbonyl (C=O) groups excluding carboxylic acids is 2. The zero-order chi connectivity index (χ0) is 17.5. The molecule has 6 nitrogen and oxygen atoms in total. The summed E-state index contributed by atoms with van der Waals surface area (Å²) in [6, 6.07) is 0. The Morgan fingerprint density at radius 1 is 1.48 bits per heavy atom. The molecule has 0 aromatic rings. The fourth-order valence-corrected chi connectivity index (χ4v) is 3.76. The van der Waals surface area contributed by atoms with Gasteiger partial charge in [0.1, 0.15) is 6.10 Å². The maximum Gasteiger partial charge on any atom is 0.303 e. The Morgan fingerprint density at radius 2 is 2.09 bits per heavy atom. The quantitative estimate of drug-likeness (QED) is 0.385. The molecule has 0 heterocycles. The number of fused-ring (bicyclic) bond motifs is 1. The summed E-state index contributed by atoms with van der Waals surface area (Å²) in [4.78, 5) is 23.8. The van der Waals surface area contributed by atoms with Gasteiger partial charge in [-0.15, -0.1) is 0 Å². The highest BCUT2D eigenvalue weighted by molar-refractivity contribution is 6.01. The van der Waals surface area contributed by atoms with Crippen LogP contribution in [0.1, 0.15) is 27.2 Å². The number of esters is 1. The van der Waals surface area contributed by atoms with E-state index in [-0.39, 0.29) is 18.1 Å². The zero-order valence-electron chi connectivity index (χ0n) is 13.7. The summed E-state index contributed by atoms with van der Waals surface area (Å²) in [5.74, 6) is -1.89. The number of hydrogen-bond acceptors (Lipinski definition) is 6. The molecule has 0 spiro atoms. The Kier molecular flexibility index (Phi) is 4.80. The topological polar surface area (TPSA) is 104 Å². The molecule has 0 amide bonds. The summed E-state index contributed by atoms with van der Waals surface area (Å²) >= 11 is 0. The number of rotatable bonds is 2. The Morgan fingerprint density at radius 3 is 2.61 bits per heavy atom. The number of Topliss-reactive ketones (excluding diaryl/α,β-unsaturated/α-hetero) is 1. The molecule has 23 heavy (non-hydrogen) atoms. The molecule has 6 unspecified atom stereocenters. The lowest BCUT2D eigenvalue weighted by Gasteiger charge is -2.55. The first-order valence-corrected chi connectivity index (χ1v) is 7.68. The second-order valence-electron chi connectivity index (χ2n) is 6.91. The maximum atomic E-state index is 12.6. The van der Waals surface area contributed by atoms with Gasteiger partial charge in [0.2, 0.25) is 5.78 Å². The molecule has 1 saturated carbocycles. The van der Waals surface area contributed by atoms with Crippen LogP contribution in [0.15, 0.2) is 23.8 Å². The number of aliphatic hydroxyl groups is 3. The van der Waals surface area contributed by atoms with E-state index >= 15 is 0 Å². The van der Waals surface area contributed by atoms with E-state index < -0.39 is 41.4 Å². The van der Waals surface area contributed by atoms with Gasteiger partial charge in [-0.25, -0.2) is 0 Å². The number of ketones is 1. The van der Waals surface area contributed by atoms with Crippen molar-refractivity contribution in [1.29, 1.82) is 0 Å². The van der Waals surface area contributed by atoms with E-state index in [4.69, 9.17) is 4.74 Å². The minimum atomic E-state index is -1.20. The Hall–Kier alpha value is -1.50. The van der Waals surface area contributed by atoms with Crippen LogP contribution in [0.4, 0.5) is 0 Å². The SMILES string of the molecule is C=C1C(=O)C(OC(C)=O)C=C(C)C(O)C(O)C2C1CC2(C)CO. The van der Waals surface area contributed by atoms with E-state index in [0.29, 0.717) is 12.0 Å².